The van der Waals surface area contributed by atoms with Crippen LogP contribution in [0.5, 0.6) is 0 Å². The molecule has 0 N–H and O–H groups in total. The number of aldehydes is 1. The van der Waals surface area contributed by atoms with E-state index in [0.29, 0.717) is 17.6 Å². The molecule has 24 heavy (non-hydrogen) atoms. The predicted octanol–water partition coefficient (Wildman–Crippen LogP) is 4.46. The average Bonchev–Trinajstić information content (AvgIpc) is 2.84. The number of carbonyl (C=O) groups excluding carboxylic acids is 1. The summed E-state index contributed by atoms with van der Waals surface area (Å²) in [5.74, 6) is -0.282. The number of fused-ring (bicyclic) bond motifs is 2. The lowest BCUT2D eigenvalue weighted by molar-refractivity contribution is 0.112. The summed E-state index contributed by atoms with van der Waals surface area (Å²) in [7, 11) is 0. The number of halogens is 1. The highest BCUT2D eigenvalue weighted by atomic mass is 19.1. The summed E-state index contributed by atoms with van der Waals surface area (Å²) < 4.78 is 13.7. The molecule has 0 saturated carbocycles. The average molecular weight is 321 g/mol. The second-order valence-electron chi connectivity index (χ2n) is 6.70. The molecule has 2 aliphatic rings. The molecule has 4 rings (SSSR count). The Morgan fingerprint density at radius 1 is 1.12 bits per heavy atom. The van der Waals surface area contributed by atoms with E-state index in [9.17, 15) is 9.18 Å². The highest BCUT2D eigenvalue weighted by molar-refractivity contribution is 5.86. The third-order valence-electron chi connectivity index (χ3n) is 5.24. The molecule has 1 saturated heterocycles. The van der Waals surface area contributed by atoms with E-state index in [-0.39, 0.29) is 5.82 Å². The second kappa shape index (κ2) is 6.33. The van der Waals surface area contributed by atoms with Gasteiger partial charge in [0.25, 0.3) is 0 Å². The Hall–Kier alpha value is -2.26. The van der Waals surface area contributed by atoms with Gasteiger partial charge in [0.15, 0.2) is 6.29 Å². The molecule has 2 atom stereocenters. The molecule has 0 aliphatic carbocycles. The highest BCUT2D eigenvalue weighted by Crippen LogP contribution is 2.40. The Labute approximate surface area is 141 Å². The fraction of sp³-hybridized carbons (Fsp3) is 0.286. The zero-order chi connectivity index (χ0) is 16.5. The van der Waals surface area contributed by atoms with Crippen LogP contribution >= 0.6 is 0 Å². The summed E-state index contributed by atoms with van der Waals surface area (Å²) in [6.07, 6.45) is 6.24. The summed E-state index contributed by atoms with van der Waals surface area (Å²) in [4.78, 5) is 13.8. The predicted molar refractivity (Wildman–Crippen MR) is 93.2 cm³/mol. The molecule has 2 nitrogen and oxygen atoms in total. The SMILES string of the molecule is O=Cc1ccc(F)cc1C1=CC2CCC(C1)N2Cc1ccccc1. The minimum atomic E-state index is -0.282. The molecule has 2 aliphatic heterocycles. The van der Waals surface area contributed by atoms with Crippen molar-refractivity contribution in [3.63, 3.8) is 0 Å². The number of nitrogens with zero attached hydrogens (tertiary/aromatic N) is 1. The third kappa shape index (κ3) is 2.80. The minimum absolute atomic E-state index is 0.282. The highest BCUT2D eigenvalue weighted by Gasteiger charge is 2.36. The van der Waals surface area contributed by atoms with Gasteiger partial charge in [-0.2, -0.15) is 0 Å². The number of rotatable bonds is 4. The normalized spacial score (nSPS) is 23.1. The van der Waals surface area contributed by atoms with Crippen LogP contribution in [0.25, 0.3) is 5.57 Å². The molecule has 2 unspecified atom stereocenters. The fourth-order valence-electron chi connectivity index (χ4n) is 4.07. The first-order valence-corrected chi connectivity index (χ1v) is 8.50. The van der Waals surface area contributed by atoms with Crippen molar-refractivity contribution in [3.8, 4) is 0 Å². The Kier molecular flexibility index (Phi) is 4.03. The zero-order valence-electron chi connectivity index (χ0n) is 13.5. The number of benzene rings is 2. The van der Waals surface area contributed by atoms with Gasteiger partial charge in [-0.25, -0.2) is 4.39 Å². The first kappa shape index (κ1) is 15.3. The molecule has 2 bridgehead atoms. The van der Waals surface area contributed by atoms with Crippen LogP contribution in [0, 0.1) is 5.82 Å². The lowest BCUT2D eigenvalue weighted by Crippen LogP contribution is -2.37. The van der Waals surface area contributed by atoms with Gasteiger partial charge in [-0.05, 0) is 54.2 Å². The molecule has 0 radical (unpaired) electrons. The molecule has 1 fully saturated rings. The van der Waals surface area contributed by atoms with E-state index < -0.39 is 0 Å². The Morgan fingerprint density at radius 3 is 2.71 bits per heavy atom. The van der Waals surface area contributed by atoms with Gasteiger partial charge in [-0.15, -0.1) is 0 Å². The topological polar surface area (TPSA) is 20.3 Å². The van der Waals surface area contributed by atoms with Crippen LogP contribution in [0.4, 0.5) is 4.39 Å². The van der Waals surface area contributed by atoms with Gasteiger partial charge in [0.1, 0.15) is 5.82 Å². The molecule has 2 aromatic rings. The molecule has 122 valence electrons. The molecule has 0 aromatic heterocycles. The lowest BCUT2D eigenvalue weighted by atomic mass is 9.91. The molecule has 0 amide bonds. The first-order valence-electron chi connectivity index (χ1n) is 8.50. The van der Waals surface area contributed by atoms with Gasteiger partial charge in [-0.3, -0.25) is 9.69 Å². The van der Waals surface area contributed by atoms with Gasteiger partial charge < -0.3 is 0 Å². The van der Waals surface area contributed by atoms with Crippen LogP contribution in [0.3, 0.4) is 0 Å². The van der Waals surface area contributed by atoms with Crippen molar-refractivity contribution in [1.82, 2.24) is 4.90 Å². The standard InChI is InChI=1S/C21H20FNO/c22-18-7-6-16(14-24)21(12-18)17-10-19-8-9-20(11-17)23(19)13-15-4-2-1-3-5-15/h1-7,10,12,14,19-20H,8-9,11,13H2. The monoisotopic (exact) mass is 321 g/mol. The molecule has 2 aromatic carbocycles. The van der Waals surface area contributed by atoms with Crippen molar-refractivity contribution in [2.75, 3.05) is 0 Å². The van der Waals surface area contributed by atoms with Gasteiger partial charge >= 0.3 is 0 Å². The Morgan fingerprint density at radius 2 is 1.96 bits per heavy atom. The van der Waals surface area contributed by atoms with Crippen LogP contribution in [-0.4, -0.2) is 23.3 Å². The van der Waals surface area contributed by atoms with Crippen LogP contribution < -0.4 is 0 Å². The second-order valence-corrected chi connectivity index (χ2v) is 6.70. The van der Waals surface area contributed by atoms with E-state index in [1.165, 1.54) is 17.7 Å². The number of hydrogen-bond acceptors (Lipinski definition) is 2. The largest absolute Gasteiger partial charge is 0.298 e. The Balaban J connectivity index is 1.62. The van der Waals surface area contributed by atoms with Gasteiger partial charge in [-0.1, -0.05) is 36.4 Å². The molecule has 3 heteroatoms. The molecule has 0 spiro atoms. The maximum atomic E-state index is 13.7. The van der Waals surface area contributed by atoms with Crippen LogP contribution in [0.15, 0.2) is 54.6 Å². The van der Waals surface area contributed by atoms with E-state index in [2.05, 4.69) is 35.2 Å². The molecule has 2 heterocycles. The minimum Gasteiger partial charge on any atom is -0.298 e. The van der Waals surface area contributed by atoms with Gasteiger partial charge in [0.05, 0.1) is 0 Å². The van der Waals surface area contributed by atoms with Crippen molar-refractivity contribution >= 4 is 11.9 Å². The van der Waals surface area contributed by atoms with E-state index in [0.717, 1.165) is 43.2 Å². The number of carbonyl (C=O) groups is 1. The van der Waals surface area contributed by atoms with Crippen molar-refractivity contribution in [2.24, 2.45) is 0 Å². The van der Waals surface area contributed by atoms with Crippen molar-refractivity contribution in [3.05, 3.63) is 77.1 Å². The van der Waals surface area contributed by atoms with E-state index >= 15 is 0 Å². The van der Waals surface area contributed by atoms with Gasteiger partial charge in [0.2, 0.25) is 0 Å². The van der Waals surface area contributed by atoms with E-state index in [1.807, 2.05) is 6.07 Å². The van der Waals surface area contributed by atoms with E-state index in [1.54, 1.807) is 6.07 Å². The fourth-order valence-corrected chi connectivity index (χ4v) is 4.07. The third-order valence-corrected chi connectivity index (χ3v) is 5.24. The molecular weight excluding hydrogens is 301 g/mol. The summed E-state index contributed by atoms with van der Waals surface area (Å²) in [5.41, 5.74) is 3.79. The van der Waals surface area contributed by atoms with Crippen LogP contribution in [0.2, 0.25) is 0 Å². The quantitative estimate of drug-likeness (QED) is 0.775. The first-order chi connectivity index (χ1) is 11.7. The Bertz CT molecular complexity index is 784. The number of hydrogen-bond donors (Lipinski definition) is 0. The van der Waals surface area contributed by atoms with Crippen molar-refractivity contribution in [1.29, 1.82) is 0 Å². The smallest absolute Gasteiger partial charge is 0.150 e. The molecular formula is C21H20FNO. The lowest BCUT2D eigenvalue weighted by Gasteiger charge is -2.34. The maximum Gasteiger partial charge on any atom is 0.150 e. The van der Waals surface area contributed by atoms with Crippen molar-refractivity contribution in [2.45, 2.75) is 37.9 Å². The van der Waals surface area contributed by atoms with Crippen molar-refractivity contribution < 1.29 is 9.18 Å². The summed E-state index contributed by atoms with van der Waals surface area (Å²) in [6, 6.07) is 15.8. The maximum absolute atomic E-state index is 13.7. The van der Waals surface area contributed by atoms with Crippen LogP contribution in [0.1, 0.15) is 40.7 Å². The van der Waals surface area contributed by atoms with Crippen LogP contribution in [-0.2, 0) is 6.54 Å². The summed E-state index contributed by atoms with van der Waals surface area (Å²) in [5, 5.41) is 0. The summed E-state index contributed by atoms with van der Waals surface area (Å²) in [6.45, 7) is 0.948. The van der Waals surface area contributed by atoms with Gasteiger partial charge in [0, 0.05) is 24.2 Å². The van der Waals surface area contributed by atoms with E-state index in [4.69, 9.17) is 0 Å². The zero-order valence-corrected chi connectivity index (χ0v) is 13.5. The summed E-state index contributed by atoms with van der Waals surface area (Å²) >= 11 is 0.